The van der Waals surface area contributed by atoms with Crippen molar-refractivity contribution in [3.05, 3.63) is 71.1 Å². The number of carbonyl (C=O) groups excluding carboxylic acids is 3. The number of aliphatic hydroxyl groups is 1. The zero-order valence-electron chi connectivity index (χ0n) is 27.6. The van der Waals surface area contributed by atoms with Crippen LogP contribution in [0.5, 0.6) is 0 Å². The molecule has 1 aliphatic carbocycles. The van der Waals surface area contributed by atoms with Crippen molar-refractivity contribution in [2.75, 3.05) is 27.4 Å². The number of fused-ring (bicyclic) bond motifs is 2. The van der Waals surface area contributed by atoms with Crippen molar-refractivity contribution in [1.29, 1.82) is 0 Å². The molecule has 0 saturated carbocycles. The third-order valence-electron chi connectivity index (χ3n) is 7.58. The van der Waals surface area contributed by atoms with E-state index >= 15 is 0 Å². The van der Waals surface area contributed by atoms with Crippen molar-refractivity contribution in [1.82, 2.24) is 10.6 Å². The summed E-state index contributed by atoms with van der Waals surface area (Å²) in [5.74, 6) is -3.05. The first-order valence-corrected chi connectivity index (χ1v) is 15.0. The predicted octanol–water partition coefficient (Wildman–Crippen LogP) is 2.43. The summed E-state index contributed by atoms with van der Waals surface area (Å²) < 4.78 is 16.6. The molecule has 0 aromatic carbocycles. The molecule has 2 bridgehead atoms. The van der Waals surface area contributed by atoms with Gasteiger partial charge in [0.1, 0.15) is 11.8 Å². The first-order chi connectivity index (χ1) is 22.2. The Kier molecular flexibility index (Phi) is 15.3. The summed E-state index contributed by atoms with van der Waals surface area (Å²) >= 11 is 0. The molecule has 0 aromatic heterocycles. The first-order valence-electron chi connectivity index (χ1n) is 15.0. The standard InChI is InChI=1S/C33H46N4O10/c1-8-12-35-28-22-13-18(2)14-26(45-7)29(40)20(4)15-21(5)31(47-33(34)43)25(44-6)11-9-10-19(3)32(42)36-24(30(22)41)16-23(28)37-46-17-27(38)39/h8-11,15-16,18,20,25-26,29,31,35,40H,1,12-14,17H2,2-7H3,(H2,34,43)(H,36,42)(H,38,39)/b11-9-,19-10+,21-15+,37-23-/t18-,20+,25+,26+,29-,31+/m1/s1. The molecule has 0 unspecified atom stereocenters. The van der Waals surface area contributed by atoms with E-state index in [0.717, 1.165) is 0 Å². The number of nitrogens with two attached hydrogens (primary N) is 1. The predicted molar refractivity (Wildman–Crippen MR) is 174 cm³/mol. The fourth-order valence-electron chi connectivity index (χ4n) is 5.20. The number of ether oxygens (including phenoxy) is 3. The SMILES string of the molecule is C=CCNC1=C2C[C@@H](C)C[C@H](OC)[C@H](O)[C@@H](C)/C=C(\C)[C@H](OC(N)=O)[C@@H](OC)/C=C\C=C(/C)C(=O)NC(=C/C1=N/OCC(=O)O)C2=O. The molecule has 1 aliphatic heterocycles. The van der Waals surface area contributed by atoms with Gasteiger partial charge in [-0.05, 0) is 44.3 Å². The third-order valence-corrected chi connectivity index (χ3v) is 7.58. The number of Topliss-reactive ketones (excluding diaryl/α,β-unsaturated/α-hetero) is 1. The van der Waals surface area contributed by atoms with E-state index in [4.69, 9.17) is 29.9 Å². The molecule has 47 heavy (non-hydrogen) atoms. The highest BCUT2D eigenvalue weighted by molar-refractivity contribution is 6.25. The highest BCUT2D eigenvalue weighted by Crippen LogP contribution is 2.29. The largest absolute Gasteiger partial charge is 0.479 e. The Hall–Kier alpha value is -4.53. The van der Waals surface area contributed by atoms with Gasteiger partial charge in [-0.3, -0.25) is 9.59 Å². The van der Waals surface area contributed by atoms with Gasteiger partial charge in [0.05, 0.1) is 23.6 Å². The second kappa shape index (κ2) is 18.6. The Labute approximate surface area is 274 Å². The smallest absolute Gasteiger partial charge is 0.405 e. The zero-order valence-corrected chi connectivity index (χ0v) is 27.6. The van der Waals surface area contributed by atoms with Gasteiger partial charge in [0.25, 0.3) is 5.91 Å². The fraction of sp³-hybridized carbons (Fsp3) is 0.485. The lowest BCUT2D eigenvalue weighted by atomic mass is 9.85. The van der Waals surface area contributed by atoms with Crippen LogP contribution in [0.2, 0.25) is 0 Å². The monoisotopic (exact) mass is 658 g/mol. The minimum Gasteiger partial charge on any atom is -0.479 e. The lowest BCUT2D eigenvalue weighted by Gasteiger charge is -2.30. The second-order valence-corrected chi connectivity index (χ2v) is 11.4. The summed E-state index contributed by atoms with van der Waals surface area (Å²) in [6, 6.07) is 0. The average molecular weight is 659 g/mol. The van der Waals surface area contributed by atoms with Crippen molar-refractivity contribution >= 4 is 29.5 Å². The Bertz CT molecular complexity index is 1380. The first kappa shape index (κ1) is 38.7. The number of primary amides is 1. The minimum atomic E-state index is -1.25. The number of rotatable bonds is 9. The van der Waals surface area contributed by atoms with E-state index in [1.807, 2.05) is 6.92 Å². The lowest BCUT2D eigenvalue weighted by molar-refractivity contribution is -0.142. The molecule has 14 nitrogen and oxygen atoms in total. The van der Waals surface area contributed by atoms with Gasteiger partial charge in [-0.25, -0.2) is 9.59 Å². The van der Waals surface area contributed by atoms with Crippen molar-refractivity contribution in [2.45, 2.75) is 65.0 Å². The topological polar surface area (TPSA) is 208 Å². The van der Waals surface area contributed by atoms with Crippen LogP contribution in [0.3, 0.4) is 0 Å². The molecule has 1 heterocycles. The highest BCUT2D eigenvalue weighted by atomic mass is 16.6. The Morgan fingerprint density at radius 2 is 1.91 bits per heavy atom. The summed E-state index contributed by atoms with van der Waals surface area (Å²) in [5.41, 5.74) is 6.69. The number of aliphatic hydroxyl groups excluding tert-OH is 1. The maximum absolute atomic E-state index is 13.9. The van der Waals surface area contributed by atoms with E-state index in [9.17, 15) is 24.3 Å². The Balaban J connectivity index is 2.73. The zero-order chi connectivity index (χ0) is 35.3. The molecule has 0 fully saturated rings. The van der Waals surface area contributed by atoms with E-state index in [1.54, 1.807) is 32.1 Å². The van der Waals surface area contributed by atoms with Crippen LogP contribution in [0.4, 0.5) is 4.79 Å². The highest BCUT2D eigenvalue weighted by Gasteiger charge is 2.33. The number of aliphatic carboxylic acids is 1. The molecule has 2 aliphatic rings. The fourth-order valence-corrected chi connectivity index (χ4v) is 5.20. The van der Waals surface area contributed by atoms with Crippen LogP contribution >= 0.6 is 0 Å². The summed E-state index contributed by atoms with van der Waals surface area (Å²) in [4.78, 5) is 55.0. The number of allylic oxidation sites excluding steroid dienone is 4. The molecule has 6 atom stereocenters. The van der Waals surface area contributed by atoms with Crippen LogP contribution in [-0.4, -0.2) is 91.5 Å². The van der Waals surface area contributed by atoms with Crippen LogP contribution in [0, 0.1) is 11.8 Å². The van der Waals surface area contributed by atoms with E-state index in [2.05, 4.69) is 22.4 Å². The maximum atomic E-state index is 13.9. The number of oxime groups is 1. The molecule has 6 N–H and O–H groups in total. The van der Waals surface area contributed by atoms with Crippen molar-refractivity contribution in [2.24, 2.45) is 22.7 Å². The normalized spacial score (nSPS) is 30.2. The molecular formula is C33H46N4O10. The van der Waals surface area contributed by atoms with Crippen molar-refractivity contribution < 1.29 is 48.4 Å². The van der Waals surface area contributed by atoms with E-state index in [1.165, 1.54) is 39.4 Å². The Morgan fingerprint density at radius 1 is 1.21 bits per heavy atom. The molecule has 0 saturated heterocycles. The Morgan fingerprint density at radius 3 is 2.51 bits per heavy atom. The summed E-state index contributed by atoms with van der Waals surface area (Å²) in [6.07, 6.45) is 5.28. The molecule has 14 heteroatoms. The summed E-state index contributed by atoms with van der Waals surface area (Å²) in [7, 11) is 2.89. The van der Waals surface area contributed by atoms with Gasteiger partial charge < -0.3 is 45.6 Å². The van der Waals surface area contributed by atoms with E-state index < -0.39 is 60.7 Å². The number of hydrogen-bond acceptors (Lipinski definition) is 11. The van der Waals surface area contributed by atoms with E-state index in [-0.39, 0.29) is 41.4 Å². The van der Waals surface area contributed by atoms with Crippen molar-refractivity contribution in [3.8, 4) is 0 Å². The second-order valence-electron chi connectivity index (χ2n) is 11.4. The van der Waals surface area contributed by atoms with Gasteiger partial charge in [0.2, 0.25) is 12.4 Å². The van der Waals surface area contributed by atoms with Gasteiger partial charge in [-0.1, -0.05) is 49.4 Å². The third kappa shape index (κ3) is 11.3. The average Bonchev–Trinajstić information content (AvgIpc) is 3.01. The summed E-state index contributed by atoms with van der Waals surface area (Å²) in [6.45, 7) is 10.2. The molecular weight excluding hydrogens is 612 g/mol. The van der Waals surface area contributed by atoms with Crippen LogP contribution < -0.4 is 16.4 Å². The number of hydrogen-bond donors (Lipinski definition) is 5. The van der Waals surface area contributed by atoms with Crippen LogP contribution in [-0.2, 0) is 33.4 Å². The molecule has 0 aromatic rings. The van der Waals surface area contributed by atoms with Crippen LogP contribution in [0.25, 0.3) is 0 Å². The molecule has 2 amide bonds. The molecule has 0 spiro atoms. The molecule has 0 radical (unpaired) electrons. The number of amides is 2. The molecule has 258 valence electrons. The number of carbonyl (C=O) groups is 4. The number of ketones is 1. The summed E-state index contributed by atoms with van der Waals surface area (Å²) in [5, 5.41) is 30.1. The number of methoxy groups -OCH3 is 2. The number of carboxylic acid groups (broad SMARTS) is 1. The van der Waals surface area contributed by atoms with Gasteiger partial charge in [0.15, 0.2) is 6.10 Å². The quantitative estimate of drug-likeness (QED) is 0.138. The van der Waals surface area contributed by atoms with Crippen LogP contribution in [0.15, 0.2) is 76.3 Å². The molecule has 2 rings (SSSR count). The number of nitrogens with one attached hydrogen (secondary N) is 2. The maximum Gasteiger partial charge on any atom is 0.405 e. The van der Waals surface area contributed by atoms with Crippen molar-refractivity contribution in [3.63, 3.8) is 0 Å². The van der Waals surface area contributed by atoms with Gasteiger partial charge in [-0.2, -0.15) is 0 Å². The van der Waals surface area contributed by atoms with Gasteiger partial charge in [0, 0.05) is 37.8 Å². The number of carboxylic acids is 1. The van der Waals surface area contributed by atoms with Gasteiger partial charge >= 0.3 is 12.1 Å². The van der Waals surface area contributed by atoms with E-state index in [0.29, 0.717) is 17.7 Å². The van der Waals surface area contributed by atoms with Crippen LogP contribution in [0.1, 0.15) is 40.5 Å². The lowest BCUT2D eigenvalue weighted by Crippen LogP contribution is -2.38. The van der Waals surface area contributed by atoms with Gasteiger partial charge in [-0.15, -0.1) is 6.58 Å². The minimum absolute atomic E-state index is 0.0959. The number of nitrogens with zero attached hydrogens (tertiary/aromatic N) is 1.